The summed E-state index contributed by atoms with van der Waals surface area (Å²) in [7, 11) is 1.66. The Balaban J connectivity index is 1.51. The van der Waals surface area contributed by atoms with Crippen molar-refractivity contribution < 1.29 is 28.9 Å². The fraction of sp³-hybridized carbons (Fsp3) is 0.194. The molecule has 1 fully saturated rings. The number of aliphatic hydroxyl groups is 1. The van der Waals surface area contributed by atoms with E-state index in [0.717, 1.165) is 0 Å². The van der Waals surface area contributed by atoms with Gasteiger partial charge in [-0.3, -0.25) is 4.90 Å². The number of aromatic hydroxyl groups is 2. The number of aliphatic hydroxyl groups excluding tert-OH is 1. The summed E-state index contributed by atoms with van der Waals surface area (Å²) in [5.41, 5.74) is 2.92. The minimum Gasteiger partial charge on any atom is -0.508 e. The Morgan fingerprint density at radius 3 is 2.13 bits per heavy atom. The second kappa shape index (κ2) is 10.7. The molecule has 0 radical (unpaired) electrons. The molecule has 0 spiro atoms. The van der Waals surface area contributed by atoms with Crippen LogP contribution in [0.2, 0.25) is 0 Å². The van der Waals surface area contributed by atoms with Gasteiger partial charge in [0, 0.05) is 18.3 Å². The molecule has 0 saturated carbocycles. The van der Waals surface area contributed by atoms with Crippen molar-refractivity contribution in [3.05, 3.63) is 114 Å². The number of phenolic OH excluding ortho intramolecular Hbond substituents is 2. The Labute approximate surface area is 225 Å². The predicted octanol–water partition coefficient (Wildman–Crippen LogP) is 6.54. The molecule has 2 amide bonds. The van der Waals surface area contributed by atoms with Crippen LogP contribution in [0.5, 0.6) is 11.5 Å². The quantitative estimate of drug-likeness (QED) is 0.253. The van der Waals surface area contributed by atoms with E-state index in [1.165, 1.54) is 53.4 Å². The van der Waals surface area contributed by atoms with Gasteiger partial charge in [0.15, 0.2) is 0 Å². The summed E-state index contributed by atoms with van der Waals surface area (Å²) in [6.45, 7) is 0. The van der Waals surface area contributed by atoms with Crippen LogP contribution in [-0.4, -0.2) is 39.3 Å². The molecule has 1 aliphatic rings. The smallest absolute Gasteiger partial charge is 0.325 e. The molecule has 200 valence electrons. The molecular formula is C31H28F2N2O4. The number of halogens is 2. The highest BCUT2D eigenvalue weighted by Gasteiger charge is 2.46. The van der Waals surface area contributed by atoms with Crippen molar-refractivity contribution in [3.8, 4) is 22.6 Å². The van der Waals surface area contributed by atoms with Gasteiger partial charge < -0.3 is 20.2 Å². The van der Waals surface area contributed by atoms with Crippen LogP contribution in [0.25, 0.3) is 11.1 Å². The lowest BCUT2D eigenvalue weighted by molar-refractivity contribution is 0.148. The van der Waals surface area contributed by atoms with Crippen molar-refractivity contribution >= 4 is 11.7 Å². The van der Waals surface area contributed by atoms with Crippen molar-refractivity contribution in [2.24, 2.45) is 0 Å². The maximum absolute atomic E-state index is 13.7. The zero-order chi connectivity index (χ0) is 27.7. The van der Waals surface area contributed by atoms with Crippen LogP contribution in [0.1, 0.15) is 36.1 Å². The number of phenols is 2. The average Bonchev–Trinajstić information content (AvgIpc) is 3.17. The summed E-state index contributed by atoms with van der Waals surface area (Å²) in [4.78, 5) is 16.6. The van der Waals surface area contributed by atoms with Crippen LogP contribution in [0.15, 0.2) is 91.0 Å². The highest BCUT2D eigenvalue weighted by Crippen LogP contribution is 2.44. The highest BCUT2D eigenvalue weighted by atomic mass is 19.1. The molecule has 8 heteroatoms. The number of carbonyl (C=O) groups excluding carboxylic acids is 1. The second-order valence-corrected chi connectivity index (χ2v) is 9.72. The van der Waals surface area contributed by atoms with E-state index >= 15 is 0 Å². The first-order valence-corrected chi connectivity index (χ1v) is 12.6. The number of amides is 2. The molecule has 4 aromatic carbocycles. The first-order valence-electron chi connectivity index (χ1n) is 12.6. The number of anilines is 1. The molecule has 0 aliphatic carbocycles. The van der Waals surface area contributed by atoms with Crippen LogP contribution in [-0.2, 0) is 0 Å². The van der Waals surface area contributed by atoms with Crippen LogP contribution >= 0.6 is 0 Å². The standard InChI is InChI=1S/C31H28F2N2O4/c1-34-27(15-16-28(37)19-5-8-22(32)9-6-19)30(35(31(34)39)24-12-10-23(33)11-13-24)26-14-7-21(18-29(26)38)20-3-2-4-25(36)17-20/h2-14,17-18,27-28,30,36-38H,15-16H2,1H3/t27-,28-,30+/m0/s1. The lowest BCUT2D eigenvalue weighted by atomic mass is 9.91. The summed E-state index contributed by atoms with van der Waals surface area (Å²) in [5.74, 6) is -0.777. The topological polar surface area (TPSA) is 84.2 Å². The van der Waals surface area contributed by atoms with Gasteiger partial charge in [0.1, 0.15) is 23.1 Å². The molecule has 4 aromatic rings. The van der Waals surface area contributed by atoms with Gasteiger partial charge in [-0.2, -0.15) is 0 Å². The Morgan fingerprint density at radius 2 is 1.49 bits per heavy atom. The van der Waals surface area contributed by atoms with Crippen molar-refractivity contribution in [2.75, 3.05) is 11.9 Å². The lowest BCUT2D eigenvalue weighted by Crippen LogP contribution is -2.31. The summed E-state index contributed by atoms with van der Waals surface area (Å²) in [6, 6.07) is 21.6. The van der Waals surface area contributed by atoms with Crippen LogP contribution in [0, 0.1) is 11.6 Å². The van der Waals surface area contributed by atoms with E-state index in [4.69, 9.17) is 0 Å². The number of urea groups is 1. The zero-order valence-electron chi connectivity index (χ0n) is 21.2. The third-order valence-corrected chi connectivity index (χ3v) is 7.27. The molecule has 1 saturated heterocycles. The number of hydrogen-bond donors (Lipinski definition) is 3. The molecule has 0 aromatic heterocycles. The first kappa shape index (κ1) is 26.2. The van der Waals surface area contributed by atoms with Gasteiger partial charge in [-0.05, 0) is 84.1 Å². The number of carbonyl (C=O) groups is 1. The second-order valence-electron chi connectivity index (χ2n) is 9.72. The van der Waals surface area contributed by atoms with Crippen molar-refractivity contribution in [1.82, 2.24) is 4.90 Å². The minimum atomic E-state index is -0.878. The van der Waals surface area contributed by atoms with E-state index in [2.05, 4.69) is 0 Å². The molecule has 1 heterocycles. The third-order valence-electron chi connectivity index (χ3n) is 7.27. The van der Waals surface area contributed by atoms with E-state index in [0.29, 0.717) is 34.4 Å². The maximum atomic E-state index is 13.7. The van der Waals surface area contributed by atoms with E-state index in [9.17, 15) is 28.9 Å². The summed E-state index contributed by atoms with van der Waals surface area (Å²) in [5, 5.41) is 31.8. The minimum absolute atomic E-state index is 0.0415. The molecule has 3 atom stereocenters. The van der Waals surface area contributed by atoms with Gasteiger partial charge >= 0.3 is 6.03 Å². The van der Waals surface area contributed by atoms with Crippen molar-refractivity contribution in [1.29, 1.82) is 0 Å². The third kappa shape index (κ3) is 5.28. The van der Waals surface area contributed by atoms with Gasteiger partial charge in [0.2, 0.25) is 0 Å². The summed E-state index contributed by atoms with van der Waals surface area (Å²) < 4.78 is 27.1. The number of hydrogen-bond acceptors (Lipinski definition) is 4. The molecule has 6 nitrogen and oxygen atoms in total. The van der Waals surface area contributed by atoms with E-state index in [1.54, 1.807) is 48.3 Å². The molecule has 1 aliphatic heterocycles. The number of benzene rings is 4. The van der Waals surface area contributed by atoms with Crippen LogP contribution in [0.4, 0.5) is 19.3 Å². The Bertz CT molecular complexity index is 1480. The van der Waals surface area contributed by atoms with Gasteiger partial charge in [-0.25, -0.2) is 13.6 Å². The van der Waals surface area contributed by atoms with Crippen molar-refractivity contribution in [2.45, 2.75) is 31.0 Å². The first-order chi connectivity index (χ1) is 18.7. The van der Waals surface area contributed by atoms with E-state index in [1.807, 2.05) is 6.07 Å². The molecular weight excluding hydrogens is 502 g/mol. The number of likely N-dealkylation sites (N-methyl/N-ethyl adjacent to an activating group) is 1. The molecule has 0 unspecified atom stereocenters. The monoisotopic (exact) mass is 530 g/mol. The molecule has 3 N–H and O–H groups in total. The van der Waals surface area contributed by atoms with E-state index < -0.39 is 29.8 Å². The van der Waals surface area contributed by atoms with Crippen LogP contribution < -0.4 is 4.90 Å². The van der Waals surface area contributed by atoms with Crippen LogP contribution in [0.3, 0.4) is 0 Å². The van der Waals surface area contributed by atoms with Gasteiger partial charge in [-0.1, -0.05) is 36.4 Å². The molecule has 0 bridgehead atoms. The summed E-state index contributed by atoms with van der Waals surface area (Å²) >= 11 is 0. The number of rotatable bonds is 7. The largest absolute Gasteiger partial charge is 0.508 e. The fourth-order valence-electron chi connectivity index (χ4n) is 5.22. The van der Waals surface area contributed by atoms with Gasteiger partial charge in [0.05, 0.1) is 18.2 Å². The lowest BCUT2D eigenvalue weighted by Gasteiger charge is -2.29. The number of nitrogens with zero attached hydrogens (tertiary/aromatic N) is 2. The van der Waals surface area contributed by atoms with Gasteiger partial charge in [0.25, 0.3) is 0 Å². The molecule has 39 heavy (non-hydrogen) atoms. The molecule has 5 rings (SSSR count). The Hall–Kier alpha value is -4.43. The normalized spacial score (nSPS) is 18.0. The Morgan fingerprint density at radius 1 is 0.846 bits per heavy atom. The Kier molecular flexibility index (Phi) is 7.21. The van der Waals surface area contributed by atoms with Gasteiger partial charge in [-0.15, -0.1) is 0 Å². The highest BCUT2D eigenvalue weighted by molar-refractivity contribution is 5.96. The van der Waals surface area contributed by atoms with E-state index in [-0.39, 0.29) is 24.0 Å². The maximum Gasteiger partial charge on any atom is 0.325 e. The predicted molar refractivity (Wildman–Crippen MR) is 144 cm³/mol. The summed E-state index contributed by atoms with van der Waals surface area (Å²) in [6.07, 6.45) is -0.225. The average molecular weight is 531 g/mol. The SMILES string of the molecule is CN1C(=O)N(c2ccc(F)cc2)[C@H](c2ccc(-c3cccc(O)c3)cc2O)[C@@H]1CC[C@H](O)c1ccc(F)cc1. The van der Waals surface area contributed by atoms with Crippen molar-refractivity contribution in [3.63, 3.8) is 0 Å². The zero-order valence-corrected chi connectivity index (χ0v) is 21.2. The fourth-order valence-corrected chi connectivity index (χ4v) is 5.22.